The number of anilines is 1. The van der Waals surface area contributed by atoms with Gasteiger partial charge in [-0.2, -0.15) is 0 Å². The monoisotopic (exact) mass is 233 g/mol. The molecule has 1 aromatic heterocycles. The number of aromatic nitrogens is 1. The fourth-order valence-corrected chi connectivity index (χ4v) is 2.32. The van der Waals surface area contributed by atoms with Crippen molar-refractivity contribution in [3.8, 4) is 0 Å². The third kappa shape index (κ3) is 2.31. The van der Waals surface area contributed by atoms with E-state index in [2.05, 4.69) is 22.5 Å². The highest BCUT2D eigenvalue weighted by molar-refractivity contribution is 5.98. The quantitative estimate of drug-likeness (QED) is 0.838. The summed E-state index contributed by atoms with van der Waals surface area (Å²) in [5.74, 6) is 0.0757. The minimum atomic E-state index is -0.379. The fourth-order valence-electron chi connectivity index (χ4n) is 2.32. The van der Waals surface area contributed by atoms with Gasteiger partial charge in [0.25, 0.3) is 0 Å². The van der Waals surface area contributed by atoms with Crippen LogP contribution >= 0.6 is 0 Å². The van der Waals surface area contributed by atoms with Gasteiger partial charge in [-0.1, -0.05) is 6.92 Å². The van der Waals surface area contributed by atoms with Gasteiger partial charge >= 0.3 is 0 Å². The van der Waals surface area contributed by atoms with Crippen LogP contribution in [0.15, 0.2) is 18.5 Å². The molecule has 0 spiro atoms. The van der Waals surface area contributed by atoms with E-state index in [-0.39, 0.29) is 11.4 Å². The average molecular weight is 233 g/mol. The molecule has 4 heteroatoms. The van der Waals surface area contributed by atoms with E-state index in [4.69, 9.17) is 0 Å². The van der Waals surface area contributed by atoms with Gasteiger partial charge in [0.15, 0.2) is 0 Å². The van der Waals surface area contributed by atoms with Gasteiger partial charge in [-0.05, 0) is 44.4 Å². The highest BCUT2D eigenvalue weighted by atomic mass is 16.2. The van der Waals surface area contributed by atoms with Crippen LogP contribution in [-0.4, -0.2) is 23.0 Å². The zero-order valence-electron chi connectivity index (χ0n) is 10.4. The number of nitrogens with one attached hydrogen (secondary N) is 2. The second kappa shape index (κ2) is 4.84. The molecule has 4 nitrogen and oxygen atoms in total. The van der Waals surface area contributed by atoms with Crippen LogP contribution in [0, 0.1) is 6.92 Å². The molecule has 1 unspecified atom stereocenters. The number of carbonyl (C=O) groups is 1. The van der Waals surface area contributed by atoms with Crippen molar-refractivity contribution in [2.24, 2.45) is 0 Å². The lowest BCUT2D eigenvalue weighted by molar-refractivity contribution is -0.122. The Labute approximate surface area is 102 Å². The van der Waals surface area contributed by atoms with E-state index >= 15 is 0 Å². The fraction of sp³-hybridized carbons (Fsp3) is 0.538. The van der Waals surface area contributed by atoms with E-state index in [0.29, 0.717) is 0 Å². The van der Waals surface area contributed by atoms with E-state index in [0.717, 1.165) is 37.1 Å². The third-order valence-corrected chi connectivity index (χ3v) is 3.55. The molecule has 1 saturated heterocycles. The Balaban J connectivity index is 2.14. The van der Waals surface area contributed by atoms with Gasteiger partial charge in [-0.3, -0.25) is 9.78 Å². The van der Waals surface area contributed by atoms with Crippen LogP contribution in [-0.2, 0) is 4.79 Å². The molecule has 0 saturated carbocycles. The second-order valence-corrected chi connectivity index (χ2v) is 4.61. The van der Waals surface area contributed by atoms with Crippen molar-refractivity contribution in [1.82, 2.24) is 10.3 Å². The lowest BCUT2D eigenvalue weighted by Gasteiger charge is -2.27. The van der Waals surface area contributed by atoms with E-state index in [1.807, 2.05) is 13.0 Å². The predicted octanol–water partition coefficient (Wildman–Crippen LogP) is 1.86. The molecule has 0 radical (unpaired) electrons. The van der Waals surface area contributed by atoms with E-state index < -0.39 is 0 Å². The first-order valence-corrected chi connectivity index (χ1v) is 6.15. The molecule has 1 aliphatic rings. The maximum absolute atomic E-state index is 12.3. The second-order valence-electron chi connectivity index (χ2n) is 4.61. The van der Waals surface area contributed by atoms with Gasteiger partial charge < -0.3 is 10.6 Å². The van der Waals surface area contributed by atoms with E-state index in [1.54, 1.807) is 12.4 Å². The molecule has 1 aromatic rings. The Hall–Kier alpha value is -1.42. The maximum Gasteiger partial charge on any atom is 0.244 e. The highest BCUT2D eigenvalue weighted by Gasteiger charge is 2.39. The first kappa shape index (κ1) is 12.0. The molecule has 2 heterocycles. The molecular formula is C13H19N3O. The number of carbonyl (C=O) groups excluding carboxylic acids is 1. The SMILES string of the molecule is CCC1(C(=O)Nc2ccncc2C)CCCN1. The first-order chi connectivity index (χ1) is 8.18. The summed E-state index contributed by atoms with van der Waals surface area (Å²) in [6.45, 7) is 4.93. The predicted molar refractivity (Wildman–Crippen MR) is 67.9 cm³/mol. The van der Waals surface area contributed by atoms with Gasteiger partial charge in [0.1, 0.15) is 0 Å². The Bertz CT molecular complexity index is 411. The van der Waals surface area contributed by atoms with Crippen LogP contribution in [0.3, 0.4) is 0 Å². The zero-order valence-corrected chi connectivity index (χ0v) is 10.4. The molecule has 2 N–H and O–H groups in total. The normalized spacial score (nSPS) is 23.6. The van der Waals surface area contributed by atoms with Gasteiger partial charge in [0.05, 0.1) is 5.54 Å². The van der Waals surface area contributed by atoms with Crippen molar-refractivity contribution >= 4 is 11.6 Å². The van der Waals surface area contributed by atoms with Gasteiger partial charge in [-0.25, -0.2) is 0 Å². The molecule has 17 heavy (non-hydrogen) atoms. The van der Waals surface area contributed by atoms with Crippen LogP contribution in [0.2, 0.25) is 0 Å². The number of rotatable bonds is 3. The smallest absolute Gasteiger partial charge is 0.244 e. The molecule has 0 bridgehead atoms. The minimum absolute atomic E-state index is 0.0757. The van der Waals surface area contributed by atoms with Crippen LogP contribution in [0.4, 0.5) is 5.69 Å². The topological polar surface area (TPSA) is 54.0 Å². The molecule has 1 fully saturated rings. The van der Waals surface area contributed by atoms with Gasteiger partial charge in [-0.15, -0.1) is 0 Å². The lowest BCUT2D eigenvalue weighted by Crippen LogP contribution is -2.50. The molecule has 1 amide bonds. The Morgan fingerprint density at radius 2 is 2.47 bits per heavy atom. The van der Waals surface area contributed by atoms with Gasteiger partial charge in [0, 0.05) is 18.1 Å². The molecule has 0 aromatic carbocycles. The van der Waals surface area contributed by atoms with Crippen molar-refractivity contribution in [1.29, 1.82) is 0 Å². The summed E-state index contributed by atoms with van der Waals surface area (Å²) in [5, 5.41) is 6.33. The number of hydrogen-bond acceptors (Lipinski definition) is 3. The molecular weight excluding hydrogens is 214 g/mol. The summed E-state index contributed by atoms with van der Waals surface area (Å²) in [6, 6.07) is 1.84. The van der Waals surface area contributed by atoms with Crippen LogP contribution in [0.1, 0.15) is 31.7 Å². The van der Waals surface area contributed by atoms with Crippen molar-refractivity contribution < 1.29 is 4.79 Å². The number of hydrogen-bond donors (Lipinski definition) is 2. The van der Waals surface area contributed by atoms with Crippen molar-refractivity contribution in [2.45, 2.75) is 38.6 Å². The summed E-state index contributed by atoms with van der Waals surface area (Å²) < 4.78 is 0. The Morgan fingerprint density at radius 1 is 1.65 bits per heavy atom. The minimum Gasteiger partial charge on any atom is -0.324 e. The first-order valence-electron chi connectivity index (χ1n) is 6.15. The van der Waals surface area contributed by atoms with Crippen LogP contribution < -0.4 is 10.6 Å². The summed E-state index contributed by atoms with van der Waals surface area (Å²) >= 11 is 0. The van der Waals surface area contributed by atoms with E-state index in [9.17, 15) is 4.79 Å². The molecule has 1 atom stereocenters. The summed E-state index contributed by atoms with van der Waals surface area (Å²) in [6.07, 6.45) is 6.26. The average Bonchev–Trinajstić information content (AvgIpc) is 2.82. The number of nitrogens with zero attached hydrogens (tertiary/aromatic N) is 1. The maximum atomic E-state index is 12.3. The van der Waals surface area contributed by atoms with Gasteiger partial charge in [0.2, 0.25) is 5.91 Å². The van der Waals surface area contributed by atoms with Crippen molar-refractivity contribution in [3.05, 3.63) is 24.0 Å². The standard InChI is InChI=1S/C13H19N3O/c1-3-13(6-4-7-15-13)12(17)16-11-5-8-14-9-10(11)2/h5,8-9,15H,3-4,6-7H2,1-2H3,(H,14,16,17). The summed E-state index contributed by atoms with van der Waals surface area (Å²) in [5.41, 5.74) is 1.46. The molecule has 0 aliphatic carbocycles. The molecule has 92 valence electrons. The molecule has 2 rings (SSSR count). The molecule has 1 aliphatic heterocycles. The number of pyridine rings is 1. The summed E-state index contributed by atoms with van der Waals surface area (Å²) in [7, 11) is 0. The number of aryl methyl sites for hydroxylation is 1. The Morgan fingerprint density at radius 3 is 3.06 bits per heavy atom. The van der Waals surface area contributed by atoms with Crippen LogP contribution in [0.5, 0.6) is 0 Å². The highest BCUT2D eigenvalue weighted by Crippen LogP contribution is 2.25. The zero-order chi connectivity index (χ0) is 12.3. The number of amides is 1. The van der Waals surface area contributed by atoms with Crippen molar-refractivity contribution in [3.63, 3.8) is 0 Å². The van der Waals surface area contributed by atoms with Crippen LogP contribution in [0.25, 0.3) is 0 Å². The van der Waals surface area contributed by atoms with Crippen molar-refractivity contribution in [2.75, 3.05) is 11.9 Å². The third-order valence-electron chi connectivity index (χ3n) is 3.55. The van der Waals surface area contributed by atoms with E-state index in [1.165, 1.54) is 0 Å². The summed E-state index contributed by atoms with van der Waals surface area (Å²) in [4.78, 5) is 16.3. The Kier molecular flexibility index (Phi) is 3.43. The largest absolute Gasteiger partial charge is 0.324 e. The lowest BCUT2D eigenvalue weighted by atomic mass is 9.93.